The summed E-state index contributed by atoms with van der Waals surface area (Å²) in [6, 6.07) is 5.32. The lowest BCUT2D eigenvalue weighted by atomic mass is 9.77. The number of nitrogens with zero attached hydrogens (tertiary/aromatic N) is 1. The molecular formula is C16H24N2O3. The second-order valence-corrected chi connectivity index (χ2v) is 6.37. The van der Waals surface area contributed by atoms with Gasteiger partial charge in [-0.3, -0.25) is 10.1 Å². The van der Waals surface area contributed by atoms with Crippen LogP contribution in [0.3, 0.4) is 0 Å². The molecule has 2 unspecified atom stereocenters. The van der Waals surface area contributed by atoms with E-state index < -0.39 is 0 Å². The maximum absolute atomic E-state index is 11.0. The van der Waals surface area contributed by atoms with Gasteiger partial charge in [0, 0.05) is 23.7 Å². The molecule has 0 bridgehead atoms. The predicted octanol–water partition coefficient (Wildman–Crippen LogP) is 2.93. The van der Waals surface area contributed by atoms with E-state index >= 15 is 0 Å². The van der Waals surface area contributed by atoms with E-state index in [0.717, 1.165) is 24.8 Å². The van der Waals surface area contributed by atoms with E-state index in [2.05, 4.69) is 12.2 Å². The van der Waals surface area contributed by atoms with Crippen molar-refractivity contribution in [1.82, 2.24) is 5.32 Å². The highest BCUT2D eigenvalue weighted by molar-refractivity contribution is 5.42. The number of rotatable bonds is 5. The van der Waals surface area contributed by atoms with Crippen LogP contribution in [0.4, 0.5) is 5.69 Å². The smallest absolute Gasteiger partial charge is 0.272 e. The minimum atomic E-state index is -0.344. The highest BCUT2D eigenvalue weighted by Gasteiger charge is 2.33. The first kappa shape index (κ1) is 15.9. The number of hydrogen-bond acceptors (Lipinski definition) is 4. The molecule has 0 aliphatic heterocycles. The molecule has 1 fully saturated rings. The van der Waals surface area contributed by atoms with Gasteiger partial charge in [-0.25, -0.2) is 0 Å². The van der Waals surface area contributed by atoms with Crippen LogP contribution in [0.5, 0.6) is 0 Å². The van der Waals surface area contributed by atoms with E-state index in [9.17, 15) is 15.2 Å². The molecular weight excluding hydrogens is 268 g/mol. The summed E-state index contributed by atoms with van der Waals surface area (Å²) in [5.41, 5.74) is 1.48. The third kappa shape index (κ3) is 3.80. The van der Waals surface area contributed by atoms with E-state index in [1.807, 2.05) is 6.07 Å². The average molecular weight is 292 g/mol. The lowest BCUT2D eigenvalue weighted by Gasteiger charge is -2.39. The molecule has 2 atom stereocenters. The fraction of sp³-hybridized carbons (Fsp3) is 0.625. The molecule has 1 aliphatic rings. The van der Waals surface area contributed by atoms with Crippen molar-refractivity contribution in [1.29, 1.82) is 0 Å². The van der Waals surface area contributed by atoms with Crippen molar-refractivity contribution in [3.05, 3.63) is 39.4 Å². The first-order valence-corrected chi connectivity index (χ1v) is 7.55. The summed E-state index contributed by atoms with van der Waals surface area (Å²) in [4.78, 5) is 10.6. The number of aryl methyl sites for hydroxylation is 1. The molecule has 1 aliphatic carbocycles. The molecule has 0 amide bonds. The molecule has 0 aromatic heterocycles. The quantitative estimate of drug-likeness (QED) is 0.646. The summed E-state index contributed by atoms with van der Waals surface area (Å²) in [7, 11) is 0. The SMILES string of the molecule is Cc1ccc(CNC2(CO)CCCC(C)C2)cc1[N+](=O)[O-]. The topological polar surface area (TPSA) is 75.4 Å². The predicted molar refractivity (Wildman–Crippen MR) is 82.1 cm³/mol. The van der Waals surface area contributed by atoms with Crippen LogP contribution in [-0.2, 0) is 6.54 Å². The van der Waals surface area contributed by atoms with Gasteiger partial charge in [-0.15, -0.1) is 0 Å². The van der Waals surface area contributed by atoms with Crippen LogP contribution >= 0.6 is 0 Å². The molecule has 0 radical (unpaired) electrons. The van der Waals surface area contributed by atoms with E-state index in [0.29, 0.717) is 18.0 Å². The number of nitro benzene ring substituents is 1. The van der Waals surface area contributed by atoms with E-state index in [4.69, 9.17) is 0 Å². The fourth-order valence-electron chi connectivity index (χ4n) is 3.27. The number of hydrogen-bond donors (Lipinski definition) is 2. The molecule has 116 valence electrons. The van der Waals surface area contributed by atoms with Gasteiger partial charge in [0.1, 0.15) is 0 Å². The van der Waals surface area contributed by atoms with Crippen molar-refractivity contribution < 1.29 is 10.0 Å². The molecule has 1 aromatic carbocycles. The normalized spacial score (nSPS) is 25.8. The number of aliphatic hydroxyl groups is 1. The van der Waals surface area contributed by atoms with E-state index in [-0.39, 0.29) is 22.8 Å². The standard InChI is InChI=1S/C16H24N2O3/c1-12-4-3-7-16(9-12,11-19)17-10-14-6-5-13(2)15(8-14)18(20)21/h5-6,8,12,17,19H,3-4,7,9-11H2,1-2H3. The summed E-state index contributed by atoms with van der Waals surface area (Å²) >= 11 is 0. The Hall–Kier alpha value is -1.46. The lowest BCUT2D eigenvalue weighted by molar-refractivity contribution is -0.385. The number of benzene rings is 1. The van der Waals surface area contributed by atoms with Crippen molar-refractivity contribution in [2.45, 2.75) is 51.6 Å². The molecule has 0 saturated heterocycles. The Kier molecular flexibility index (Phi) is 4.96. The van der Waals surface area contributed by atoms with Gasteiger partial charge in [0.25, 0.3) is 5.69 Å². The summed E-state index contributed by atoms with van der Waals surface area (Å²) in [6.07, 6.45) is 4.24. The van der Waals surface area contributed by atoms with Crippen molar-refractivity contribution in [2.75, 3.05) is 6.61 Å². The van der Waals surface area contributed by atoms with Crippen LogP contribution in [-0.4, -0.2) is 22.2 Å². The largest absolute Gasteiger partial charge is 0.394 e. The zero-order chi connectivity index (χ0) is 15.5. The maximum atomic E-state index is 11.0. The van der Waals surface area contributed by atoms with E-state index in [1.54, 1.807) is 19.1 Å². The van der Waals surface area contributed by atoms with Gasteiger partial charge in [0.2, 0.25) is 0 Å². The van der Waals surface area contributed by atoms with Crippen molar-refractivity contribution in [2.24, 2.45) is 5.92 Å². The minimum Gasteiger partial charge on any atom is -0.394 e. The molecule has 5 nitrogen and oxygen atoms in total. The Morgan fingerprint density at radius 3 is 2.90 bits per heavy atom. The number of nitrogens with one attached hydrogen (secondary N) is 1. The summed E-state index contributed by atoms with van der Waals surface area (Å²) in [5.74, 6) is 0.603. The van der Waals surface area contributed by atoms with E-state index in [1.165, 1.54) is 6.42 Å². The lowest BCUT2D eigenvalue weighted by Crippen LogP contribution is -2.51. The molecule has 2 rings (SSSR count). The van der Waals surface area contributed by atoms with Gasteiger partial charge in [0.15, 0.2) is 0 Å². The number of aliphatic hydroxyl groups excluding tert-OH is 1. The first-order chi connectivity index (χ1) is 9.96. The zero-order valence-electron chi connectivity index (χ0n) is 12.8. The highest BCUT2D eigenvalue weighted by Crippen LogP contribution is 2.32. The molecule has 0 heterocycles. The Morgan fingerprint density at radius 2 is 2.29 bits per heavy atom. The Balaban J connectivity index is 2.08. The molecule has 21 heavy (non-hydrogen) atoms. The monoisotopic (exact) mass is 292 g/mol. The Morgan fingerprint density at radius 1 is 1.52 bits per heavy atom. The molecule has 5 heteroatoms. The van der Waals surface area contributed by atoms with Crippen LogP contribution in [0.25, 0.3) is 0 Å². The second kappa shape index (κ2) is 6.54. The van der Waals surface area contributed by atoms with Crippen LogP contribution in [0.2, 0.25) is 0 Å². The van der Waals surface area contributed by atoms with Crippen LogP contribution in [0.1, 0.15) is 43.7 Å². The molecule has 2 N–H and O–H groups in total. The van der Waals surface area contributed by atoms with Gasteiger partial charge < -0.3 is 10.4 Å². The molecule has 1 aromatic rings. The molecule has 1 saturated carbocycles. The van der Waals surface area contributed by atoms with Crippen molar-refractivity contribution in [3.63, 3.8) is 0 Å². The summed E-state index contributed by atoms with van der Waals surface area (Å²) in [6.45, 7) is 4.62. The third-order valence-corrected chi connectivity index (χ3v) is 4.53. The zero-order valence-corrected chi connectivity index (χ0v) is 12.8. The van der Waals surface area contributed by atoms with Gasteiger partial charge in [-0.1, -0.05) is 31.9 Å². The Bertz CT molecular complexity index is 518. The van der Waals surface area contributed by atoms with Gasteiger partial charge in [-0.05, 0) is 31.2 Å². The number of nitro groups is 1. The maximum Gasteiger partial charge on any atom is 0.272 e. The second-order valence-electron chi connectivity index (χ2n) is 6.37. The summed E-state index contributed by atoms with van der Waals surface area (Å²) < 4.78 is 0. The third-order valence-electron chi connectivity index (χ3n) is 4.53. The van der Waals surface area contributed by atoms with Crippen molar-refractivity contribution >= 4 is 5.69 Å². The van der Waals surface area contributed by atoms with Crippen LogP contribution < -0.4 is 5.32 Å². The fourth-order valence-corrected chi connectivity index (χ4v) is 3.27. The molecule has 0 spiro atoms. The van der Waals surface area contributed by atoms with Gasteiger partial charge >= 0.3 is 0 Å². The first-order valence-electron chi connectivity index (χ1n) is 7.55. The van der Waals surface area contributed by atoms with Crippen molar-refractivity contribution in [3.8, 4) is 0 Å². The highest BCUT2D eigenvalue weighted by atomic mass is 16.6. The minimum absolute atomic E-state index is 0.116. The average Bonchev–Trinajstić information content (AvgIpc) is 2.46. The summed E-state index contributed by atoms with van der Waals surface area (Å²) in [5, 5.41) is 24.2. The Labute approximate surface area is 125 Å². The van der Waals surface area contributed by atoms with Gasteiger partial charge in [0.05, 0.1) is 11.5 Å². The van der Waals surface area contributed by atoms with Crippen LogP contribution in [0.15, 0.2) is 18.2 Å². The van der Waals surface area contributed by atoms with Gasteiger partial charge in [-0.2, -0.15) is 0 Å². The van der Waals surface area contributed by atoms with Crippen LogP contribution in [0, 0.1) is 23.0 Å².